The maximum Gasteiger partial charge on any atom is 0.231 e. The van der Waals surface area contributed by atoms with Crippen LogP contribution >= 0.6 is 11.3 Å². The second-order valence-corrected chi connectivity index (χ2v) is 9.32. The van der Waals surface area contributed by atoms with Crippen molar-refractivity contribution in [2.45, 2.75) is 6.92 Å². The van der Waals surface area contributed by atoms with E-state index in [1.165, 1.54) is 23.5 Å². The molecule has 4 aromatic rings. The third kappa shape index (κ3) is 3.99. The Hall–Kier alpha value is -4.17. The summed E-state index contributed by atoms with van der Waals surface area (Å²) in [7, 11) is 0. The predicted molar refractivity (Wildman–Crippen MR) is 133 cm³/mol. The van der Waals surface area contributed by atoms with Gasteiger partial charge in [-0.1, -0.05) is 12.1 Å². The van der Waals surface area contributed by atoms with Crippen molar-refractivity contribution in [2.24, 2.45) is 0 Å². The highest BCUT2D eigenvalue weighted by Crippen LogP contribution is 2.44. The van der Waals surface area contributed by atoms with Gasteiger partial charge in [0.25, 0.3) is 0 Å². The van der Waals surface area contributed by atoms with Gasteiger partial charge >= 0.3 is 0 Å². The van der Waals surface area contributed by atoms with Gasteiger partial charge in [0.15, 0.2) is 17.3 Å². The van der Waals surface area contributed by atoms with Crippen molar-refractivity contribution >= 4 is 28.3 Å². The fourth-order valence-electron chi connectivity index (χ4n) is 4.37. The molecule has 1 aliphatic carbocycles. The Bertz CT molecular complexity index is 1510. The highest BCUT2D eigenvalue weighted by Gasteiger charge is 2.33. The molecule has 0 fully saturated rings. The van der Waals surface area contributed by atoms with E-state index >= 15 is 0 Å². The van der Waals surface area contributed by atoms with Gasteiger partial charge in [0, 0.05) is 27.7 Å². The Morgan fingerprint density at radius 2 is 1.61 bits per heavy atom. The Labute approximate surface area is 210 Å². The lowest BCUT2D eigenvalue weighted by molar-refractivity contribution is 0.105. The molecule has 6 nitrogen and oxygen atoms in total. The van der Waals surface area contributed by atoms with Crippen LogP contribution in [0.25, 0.3) is 11.1 Å². The lowest BCUT2D eigenvalue weighted by Crippen LogP contribution is -2.09. The van der Waals surface area contributed by atoms with E-state index in [0.29, 0.717) is 46.3 Å². The third-order valence-corrected chi connectivity index (χ3v) is 6.82. The number of carbonyl (C=O) groups excluding carboxylic acids is 1. The van der Waals surface area contributed by atoms with Crippen LogP contribution in [-0.4, -0.2) is 30.8 Å². The molecule has 1 aromatic heterocycles. The van der Waals surface area contributed by atoms with Crippen LogP contribution < -0.4 is 18.9 Å². The van der Waals surface area contributed by atoms with Gasteiger partial charge < -0.3 is 18.9 Å². The fraction of sp³-hybridized carbons (Fsp3) is 0.143. The van der Waals surface area contributed by atoms with E-state index in [2.05, 4.69) is 4.98 Å². The topological polar surface area (TPSA) is 66.9 Å². The number of fused-ring (bicyclic) bond motifs is 2. The van der Waals surface area contributed by atoms with Gasteiger partial charge in [-0.3, -0.25) is 4.79 Å². The van der Waals surface area contributed by atoms with E-state index in [0.717, 1.165) is 21.7 Å². The number of benzene rings is 3. The number of Topliss-reactive ketones (excluding diaryl/α,β-unsaturated/α-hetero) is 1. The van der Waals surface area contributed by atoms with Gasteiger partial charge in [-0.05, 0) is 60.5 Å². The van der Waals surface area contributed by atoms with Crippen molar-refractivity contribution in [1.82, 2.24) is 4.98 Å². The van der Waals surface area contributed by atoms with Crippen LogP contribution in [0.3, 0.4) is 0 Å². The standard InChI is InChI=1S/C28H20FNO5S/c1-16-27(30-14-36-16)26-21-8-6-19(12-22(21)28(31)25(26)17-2-4-18(29)5-3-17)32-10-11-33-20-7-9-23-24(13-20)35-15-34-23/h2-9,12-14H,10-11,15H2,1H3. The summed E-state index contributed by atoms with van der Waals surface area (Å²) >= 11 is 1.52. The lowest BCUT2D eigenvalue weighted by atomic mass is 9.97. The maximum atomic E-state index is 13.6. The van der Waals surface area contributed by atoms with Gasteiger partial charge in [0.2, 0.25) is 6.79 Å². The number of allylic oxidation sites excluding steroid dienone is 1. The van der Waals surface area contributed by atoms with Gasteiger partial charge in [-0.2, -0.15) is 0 Å². The quantitative estimate of drug-likeness (QED) is 0.292. The lowest BCUT2D eigenvalue weighted by Gasteiger charge is -2.10. The number of hydrogen-bond acceptors (Lipinski definition) is 7. The summed E-state index contributed by atoms with van der Waals surface area (Å²) in [6.07, 6.45) is 0. The predicted octanol–water partition coefficient (Wildman–Crippen LogP) is 5.93. The van der Waals surface area contributed by atoms with Crippen LogP contribution in [0, 0.1) is 12.7 Å². The second kappa shape index (κ2) is 9.13. The van der Waals surface area contributed by atoms with E-state index in [9.17, 15) is 9.18 Å². The van der Waals surface area contributed by atoms with Crippen molar-refractivity contribution in [3.05, 3.63) is 99.3 Å². The molecule has 6 rings (SSSR count). The summed E-state index contributed by atoms with van der Waals surface area (Å²) in [5.74, 6) is 2.08. The van der Waals surface area contributed by atoms with Crippen LogP contribution in [0.4, 0.5) is 4.39 Å². The number of ketones is 1. The number of thiazole rings is 1. The van der Waals surface area contributed by atoms with E-state index < -0.39 is 0 Å². The largest absolute Gasteiger partial charge is 0.490 e. The number of rotatable bonds is 7. The number of aryl methyl sites for hydroxylation is 1. The minimum Gasteiger partial charge on any atom is -0.490 e. The van der Waals surface area contributed by atoms with Crippen molar-refractivity contribution in [1.29, 1.82) is 0 Å². The molecule has 2 heterocycles. The van der Waals surface area contributed by atoms with Gasteiger partial charge in [0.05, 0.1) is 11.2 Å². The second-order valence-electron chi connectivity index (χ2n) is 8.26. The first-order valence-corrected chi connectivity index (χ1v) is 12.2. The van der Waals surface area contributed by atoms with Crippen LogP contribution in [0.5, 0.6) is 23.0 Å². The minimum absolute atomic E-state index is 0.138. The zero-order chi connectivity index (χ0) is 24.6. The molecular weight excluding hydrogens is 481 g/mol. The summed E-state index contributed by atoms with van der Waals surface area (Å²) < 4.78 is 35.9. The molecule has 2 aliphatic rings. The van der Waals surface area contributed by atoms with Gasteiger partial charge in [0.1, 0.15) is 30.5 Å². The molecule has 0 spiro atoms. The summed E-state index contributed by atoms with van der Waals surface area (Å²) in [5, 5.41) is 0. The third-order valence-electron chi connectivity index (χ3n) is 6.06. The van der Waals surface area contributed by atoms with Crippen LogP contribution in [0.15, 0.2) is 66.2 Å². The fourth-order valence-corrected chi connectivity index (χ4v) is 4.95. The Morgan fingerprint density at radius 1 is 0.889 bits per heavy atom. The van der Waals surface area contributed by atoms with Crippen molar-refractivity contribution in [3.63, 3.8) is 0 Å². The Balaban J connectivity index is 1.22. The molecule has 0 saturated heterocycles. The molecule has 180 valence electrons. The molecule has 1 aliphatic heterocycles. The monoisotopic (exact) mass is 501 g/mol. The average molecular weight is 502 g/mol. The SMILES string of the molecule is Cc1scnc1C1=C(c2ccc(F)cc2)C(=O)c2cc(OCCOc3ccc4c(c3)OCO4)ccc21. The van der Waals surface area contributed by atoms with Crippen LogP contribution in [0.1, 0.15) is 32.1 Å². The van der Waals surface area contributed by atoms with Crippen LogP contribution in [-0.2, 0) is 0 Å². The van der Waals surface area contributed by atoms with Gasteiger partial charge in [-0.15, -0.1) is 11.3 Å². The van der Waals surface area contributed by atoms with Crippen LogP contribution in [0.2, 0.25) is 0 Å². The van der Waals surface area contributed by atoms with E-state index in [1.54, 1.807) is 35.8 Å². The molecule has 36 heavy (non-hydrogen) atoms. The Morgan fingerprint density at radius 3 is 2.36 bits per heavy atom. The summed E-state index contributed by atoms with van der Waals surface area (Å²) in [6, 6.07) is 16.8. The van der Waals surface area contributed by atoms with Crippen molar-refractivity contribution in [2.75, 3.05) is 20.0 Å². The minimum atomic E-state index is -0.354. The zero-order valence-electron chi connectivity index (χ0n) is 19.2. The number of aromatic nitrogens is 1. The normalized spacial score (nSPS) is 13.8. The molecule has 0 saturated carbocycles. The molecule has 0 atom stereocenters. The molecule has 0 bridgehead atoms. The van der Waals surface area contributed by atoms with Gasteiger partial charge in [-0.25, -0.2) is 9.37 Å². The smallest absolute Gasteiger partial charge is 0.231 e. The molecule has 0 unspecified atom stereocenters. The first-order valence-electron chi connectivity index (χ1n) is 11.3. The molecule has 0 radical (unpaired) electrons. The first kappa shape index (κ1) is 22.3. The van der Waals surface area contributed by atoms with E-state index in [1.807, 2.05) is 25.1 Å². The number of nitrogens with zero attached hydrogens (tertiary/aromatic N) is 1. The summed E-state index contributed by atoms with van der Waals surface area (Å²) in [5.41, 5.74) is 5.78. The highest BCUT2D eigenvalue weighted by atomic mass is 32.1. The number of carbonyl (C=O) groups is 1. The van der Waals surface area contributed by atoms with E-state index in [-0.39, 0.29) is 25.0 Å². The molecule has 0 N–H and O–H groups in total. The number of hydrogen-bond donors (Lipinski definition) is 0. The average Bonchev–Trinajstić information content (AvgIpc) is 3.60. The molecule has 0 amide bonds. The van der Waals surface area contributed by atoms with Crippen molar-refractivity contribution in [3.8, 4) is 23.0 Å². The van der Waals surface area contributed by atoms with E-state index in [4.69, 9.17) is 18.9 Å². The number of halogens is 1. The summed E-state index contributed by atoms with van der Waals surface area (Å²) in [6.45, 7) is 2.79. The summed E-state index contributed by atoms with van der Waals surface area (Å²) in [4.78, 5) is 19.1. The molecular formula is C28H20FNO5S. The Kier molecular flexibility index (Phi) is 5.65. The molecule has 3 aromatic carbocycles. The zero-order valence-corrected chi connectivity index (χ0v) is 20.1. The van der Waals surface area contributed by atoms with Crippen molar-refractivity contribution < 1.29 is 28.1 Å². The maximum absolute atomic E-state index is 13.6. The highest BCUT2D eigenvalue weighted by molar-refractivity contribution is 7.09. The number of ether oxygens (including phenoxy) is 4. The first-order chi connectivity index (χ1) is 17.6. The molecule has 8 heteroatoms.